The summed E-state index contributed by atoms with van der Waals surface area (Å²) in [5.41, 5.74) is -1.60. The van der Waals surface area contributed by atoms with Crippen LogP contribution in [0.5, 0.6) is 11.5 Å². The molecule has 0 fully saturated rings. The van der Waals surface area contributed by atoms with E-state index in [1.807, 2.05) is 0 Å². The van der Waals surface area contributed by atoms with E-state index in [0.29, 0.717) is 33.4 Å². The summed E-state index contributed by atoms with van der Waals surface area (Å²) in [7, 11) is 0. The molecule has 0 aromatic heterocycles. The first-order valence-corrected chi connectivity index (χ1v) is 25.6. The maximum atomic E-state index is 12.8. The first-order chi connectivity index (χ1) is 28.9. The van der Waals surface area contributed by atoms with Crippen LogP contribution < -0.4 is 20.1 Å². The Kier molecular flexibility index (Phi) is 18.6. The Labute approximate surface area is 381 Å². The van der Waals surface area contributed by atoms with Gasteiger partial charge in [-0.25, -0.2) is 0 Å². The summed E-state index contributed by atoms with van der Waals surface area (Å²) in [4.78, 5) is 24.9. The van der Waals surface area contributed by atoms with Gasteiger partial charge >= 0.3 is 30.3 Å². The fraction of sp³-hybridized carbons (Fsp3) is 0.526. The quantitative estimate of drug-likeness (QED) is 0.140. The van der Waals surface area contributed by atoms with Gasteiger partial charge in [-0.2, -0.15) is 52.7 Å². The summed E-state index contributed by atoms with van der Waals surface area (Å²) in [5, 5.41) is 15.6. The molecule has 368 valence electrons. The number of benzene rings is 2. The van der Waals surface area contributed by atoms with E-state index in [0.717, 1.165) is 0 Å². The molecule has 2 unspecified atom stereocenters. The number of amides is 2. The molecular weight excluding hydrogens is 1000 g/mol. The van der Waals surface area contributed by atoms with Crippen molar-refractivity contribution in [2.75, 3.05) is 39.8 Å². The van der Waals surface area contributed by atoms with E-state index in [9.17, 15) is 67.4 Å². The summed E-state index contributed by atoms with van der Waals surface area (Å²) < 4.78 is 170. The van der Waals surface area contributed by atoms with Gasteiger partial charge in [-0.3, -0.25) is 14.1 Å². The molecule has 65 heavy (non-hydrogen) atoms. The van der Waals surface area contributed by atoms with Gasteiger partial charge < -0.3 is 34.3 Å². The second-order valence-corrected chi connectivity index (χ2v) is 26.3. The number of aryl methyl sites for hydroxylation is 4. The van der Waals surface area contributed by atoms with Gasteiger partial charge in [0.25, 0.3) is 11.8 Å². The van der Waals surface area contributed by atoms with E-state index in [4.69, 9.17) is 30.3 Å². The van der Waals surface area contributed by atoms with Crippen molar-refractivity contribution < 1.29 is 102 Å². The molecule has 2 aromatic rings. The lowest BCUT2D eigenvalue weighted by molar-refractivity contribution is -0.201. The smallest absolute Gasteiger partial charge is 0.422 e. The highest BCUT2D eigenvalue weighted by Gasteiger charge is 2.44. The van der Waals surface area contributed by atoms with Crippen LogP contribution in [0.2, 0.25) is 0 Å². The van der Waals surface area contributed by atoms with Crippen molar-refractivity contribution in [3.8, 4) is 11.5 Å². The van der Waals surface area contributed by atoms with Crippen LogP contribution in [-0.4, -0.2) is 92.5 Å². The second-order valence-electron chi connectivity index (χ2n) is 15.7. The molecule has 0 saturated carbocycles. The highest BCUT2D eigenvalue weighted by Crippen LogP contribution is 2.52. The van der Waals surface area contributed by atoms with Gasteiger partial charge in [0, 0.05) is 13.3 Å². The number of hydrogen-bond acceptors (Lipinski definition) is 10. The van der Waals surface area contributed by atoms with Gasteiger partial charge in [-0.1, -0.05) is 0 Å². The van der Waals surface area contributed by atoms with Crippen LogP contribution in [0.25, 0.3) is 11.1 Å². The molecule has 0 aliphatic carbocycles. The van der Waals surface area contributed by atoms with Crippen molar-refractivity contribution in [2.45, 2.75) is 91.2 Å². The lowest BCUT2D eigenvalue weighted by atomic mass is 9.92. The lowest BCUT2D eigenvalue weighted by Gasteiger charge is -2.28. The molecule has 0 saturated heterocycles. The molecule has 10 nitrogen and oxygen atoms in total. The van der Waals surface area contributed by atoms with E-state index >= 15 is 0 Å². The highest BCUT2D eigenvalue weighted by atomic mass is 35.7. The van der Waals surface area contributed by atoms with Gasteiger partial charge in [0.05, 0.1) is 22.2 Å². The zero-order valence-corrected chi connectivity index (χ0v) is 40.3. The van der Waals surface area contributed by atoms with Crippen molar-refractivity contribution in [3.63, 3.8) is 0 Å². The Hall–Kier alpha value is -3.27. The molecule has 0 bridgehead atoms. The molecule has 2 aromatic carbocycles. The summed E-state index contributed by atoms with van der Waals surface area (Å²) in [6.45, 7) is 6.21. The molecule has 27 heteroatoms. The van der Waals surface area contributed by atoms with Gasteiger partial charge in [-0.05, 0) is 137 Å². The third-order valence-corrected chi connectivity index (χ3v) is 11.3. The lowest BCUT2D eigenvalue weighted by Crippen LogP contribution is -2.38. The van der Waals surface area contributed by atoms with E-state index < -0.39 is 86.1 Å². The van der Waals surface area contributed by atoms with Gasteiger partial charge in [-0.15, -0.1) is 0 Å². The first-order valence-electron chi connectivity index (χ1n) is 18.4. The average molecular weight is 1050 g/mol. The normalized spacial score (nSPS) is 18.1. The van der Waals surface area contributed by atoms with Crippen LogP contribution in [0, 0.1) is 38.9 Å². The minimum absolute atomic E-state index is 0.00525. The summed E-state index contributed by atoms with van der Waals surface area (Å²) in [6, 6.07) is 5.51. The van der Waals surface area contributed by atoms with Gasteiger partial charge in [0.2, 0.25) is 6.49 Å². The number of aliphatic hydroxyl groups excluding tert-OH is 1. The Morgan fingerprint density at radius 1 is 0.600 bits per heavy atom. The van der Waals surface area contributed by atoms with Crippen LogP contribution in [0.15, 0.2) is 35.8 Å². The number of aliphatic hydroxyl groups is 1. The molecule has 2 atom stereocenters. The third-order valence-electron chi connectivity index (χ3n) is 8.43. The Morgan fingerprint density at radius 2 is 0.923 bits per heavy atom. The Morgan fingerprint density at radius 3 is 1.23 bits per heavy atom. The van der Waals surface area contributed by atoms with Crippen LogP contribution in [0.4, 0.5) is 52.7 Å². The SMILES string of the molecule is CP(=S)([ClH+])OCC(F)(F)F.Cc1cc(OCC(F)(F)F)cc(C)c1C1=C(O)C(C)(C)NC1=O.Cc1cc(OCC(F)(F)F)cc(C)c1C1=C(OP(C)(=S)OCC(F)(F)F)C(C)(C)NC1=O. The van der Waals surface area contributed by atoms with Crippen LogP contribution in [0.1, 0.15) is 61.1 Å². The molecule has 4 rings (SSSR count). The molecule has 2 heterocycles. The van der Waals surface area contributed by atoms with Crippen LogP contribution >= 0.6 is 12.1 Å². The van der Waals surface area contributed by atoms with E-state index in [1.54, 1.807) is 55.4 Å². The zero-order chi connectivity index (χ0) is 50.7. The fourth-order valence-electron chi connectivity index (χ4n) is 5.97. The topological polar surface area (TPSA) is 125 Å². The van der Waals surface area contributed by atoms with Crippen molar-refractivity contribution in [1.82, 2.24) is 10.6 Å². The number of ether oxygens (including phenoxy) is 2. The molecule has 0 radical (unpaired) electrons. The maximum Gasteiger partial charge on any atom is 0.422 e. The second kappa shape index (κ2) is 20.9. The van der Waals surface area contributed by atoms with E-state index in [2.05, 4.69) is 38.2 Å². The number of rotatable bonds is 12. The highest BCUT2D eigenvalue weighted by molar-refractivity contribution is 8.09. The number of carbonyl (C=O) groups excluding carboxylic acids is 2. The summed E-state index contributed by atoms with van der Waals surface area (Å²) >= 11 is 14.0. The summed E-state index contributed by atoms with van der Waals surface area (Å²) in [5.74, 6) is -1.04. The average Bonchev–Trinajstić information content (AvgIpc) is 3.42. The minimum atomic E-state index is -4.61. The number of carbonyl (C=O) groups is 2. The monoisotopic (exact) mass is 1050 g/mol. The third kappa shape index (κ3) is 18.7. The van der Waals surface area contributed by atoms with E-state index in [1.165, 1.54) is 37.6 Å². The largest absolute Gasteiger partial charge is 0.509 e. The zero-order valence-electron chi connectivity index (χ0n) is 36.1. The van der Waals surface area contributed by atoms with Crippen molar-refractivity contribution in [3.05, 3.63) is 69.2 Å². The number of alkyl halides is 12. The van der Waals surface area contributed by atoms with Crippen LogP contribution in [-0.2, 0) is 46.8 Å². The van der Waals surface area contributed by atoms with Gasteiger partial charge in [0.1, 0.15) is 23.0 Å². The molecule has 0 spiro atoms. The van der Waals surface area contributed by atoms with E-state index in [-0.39, 0.29) is 34.2 Å². The maximum absolute atomic E-state index is 12.8. The van der Waals surface area contributed by atoms with Crippen molar-refractivity contribution >= 4 is 58.7 Å². The fourth-order valence-corrected chi connectivity index (χ4v) is 8.13. The molecule has 2 amide bonds. The Balaban J connectivity index is 0.000000382. The predicted octanol–water partition coefficient (Wildman–Crippen LogP) is 10.6. The van der Waals surface area contributed by atoms with Crippen molar-refractivity contribution in [1.29, 1.82) is 0 Å². The minimum Gasteiger partial charge on any atom is -0.509 e. The molecule has 2 aliphatic heterocycles. The Bertz CT molecular complexity index is 2230. The van der Waals surface area contributed by atoms with Crippen LogP contribution in [0.3, 0.4) is 0 Å². The summed E-state index contributed by atoms with van der Waals surface area (Å²) in [6.07, 6.45) is -17.9. The number of halogens is 13. The first kappa shape index (κ1) is 57.9. The molecule has 2 aliphatic rings. The number of hydrogen-bond donors (Lipinski definition) is 3. The van der Waals surface area contributed by atoms with Crippen molar-refractivity contribution in [2.24, 2.45) is 0 Å². The molecule has 3 N–H and O–H groups in total. The molecular formula is C38H46ClF12N2O8P2S2+. The number of nitrogens with one attached hydrogen (secondary N) is 2. The standard InChI is InChI=1S/C19H22F6NO4PS.C16H18F3NO3.C3H6ClF3OPS/c1-10-6-12(28-8-18(20,21)22)7-11(2)13(10)14-15(17(3,4)26-16(14)27)30-31(5,32)29-9-19(23,24)25;1-8-5-10(23-7-16(17,18)19)6-9(2)11(8)12-13(21)15(3,4)20-14(12)22;1-9(4,10)8-2-3(5,6)7/h6-7H,8-9H2,1-5H3,(H,26,27);5-6,21H,7H2,1-4H3,(H,20,22);4H,2H2,1H3/q;;+1. The predicted molar refractivity (Wildman–Crippen MR) is 223 cm³/mol. The van der Waals surface area contributed by atoms with Gasteiger partial charge in [0.15, 0.2) is 37.7 Å².